The van der Waals surface area contributed by atoms with E-state index in [-0.39, 0.29) is 12.9 Å². The molecule has 0 spiro atoms. The maximum Gasteiger partial charge on any atom is 0.538 e. The number of benzene rings is 1. The third kappa shape index (κ3) is 3.90. The largest absolute Gasteiger partial charge is 0.538 e. The first-order valence-electron chi connectivity index (χ1n) is 5.56. The number of hydrogen-bond acceptors (Lipinski definition) is 4. The van der Waals surface area contributed by atoms with Crippen LogP contribution in [-0.4, -0.2) is 35.9 Å². The van der Waals surface area contributed by atoms with E-state index < -0.39 is 8.80 Å². The minimum atomic E-state index is -2.81. The fourth-order valence-corrected chi connectivity index (χ4v) is 3.27. The van der Waals surface area contributed by atoms with Crippen LogP contribution < -0.4 is 5.19 Å². The fraction of sp³-hybridized carbons (Fsp3) is 0.500. The standard InChI is InChI=1S/C12H20O4Si/c1-11(2)15-10-16-17(13-3,14-4)12-8-6-5-7-9-12/h5-9,11H,10H2,1-4H3. The maximum absolute atomic E-state index is 5.70. The first kappa shape index (κ1) is 14.3. The van der Waals surface area contributed by atoms with Crippen molar-refractivity contribution in [1.29, 1.82) is 0 Å². The highest BCUT2D eigenvalue weighted by Crippen LogP contribution is 2.08. The van der Waals surface area contributed by atoms with Crippen LogP contribution in [0.2, 0.25) is 0 Å². The van der Waals surface area contributed by atoms with Crippen LogP contribution in [0.1, 0.15) is 13.8 Å². The van der Waals surface area contributed by atoms with Gasteiger partial charge in [-0.2, -0.15) is 0 Å². The van der Waals surface area contributed by atoms with E-state index in [1.165, 1.54) is 0 Å². The van der Waals surface area contributed by atoms with Gasteiger partial charge >= 0.3 is 8.80 Å². The molecule has 0 aliphatic rings. The molecule has 96 valence electrons. The monoisotopic (exact) mass is 256 g/mol. The van der Waals surface area contributed by atoms with E-state index in [0.29, 0.717) is 0 Å². The topological polar surface area (TPSA) is 36.9 Å². The van der Waals surface area contributed by atoms with Crippen LogP contribution in [0.3, 0.4) is 0 Å². The molecule has 0 aliphatic carbocycles. The van der Waals surface area contributed by atoms with Gasteiger partial charge in [0.05, 0.1) is 6.10 Å². The molecule has 0 saturated heterocycles. The molecule has 1 rings (SSSR count). The quantitative estimate of drug-likeness (QED) is 0.547. The van der Waals surface area contributed by atoms with Crippen molar-refractivity contribution in [3.05, 3.63) is 30.3 Å². The van der Waals surface area contributed by atoms with Crippen LogP contribution in [0.4, 0.5) is 0 Å². The minimum absolute atomic E-state index is 0.117. The molecule has 4 nitrogen and oxygen atoms in total. The highest BCUT2D eigenvalue weighted by Gasteiger charge is 2.41. The molecule has 5 heteroatoms. The molecule has 0 aliphatic heterocycles. The van der Waals surface area contributed by atoms with E-state index in [1.807, 2.05) is 44.2 Å². The molecule has 1 aromatic carbocycles. The Hall–Kier alpha value is -0.723. The molecule has 0 aromatic heterocycles. The van der Waals surface area contributed by atoms with Gasteiger partial charge in [0.1, 0.15) is 6.79 Å². The summed E-state index contributed by atoms with van der Waals surface area (Å²) in [6, 6.07) is 9.69. The number of ether oxygens (including phenoxy) is 1. The molecular weight excluding hydrogens is 236 g/mol. The van der Waals surface area contributed by atoms with Gasteiger partial charge in [0, 0.05) is 19.4 Å². The molecular formula is C12H20O4Si. The van der Waals surface area contributed by atoms with Crippen molar-refractivity contribution in [1.82, 2.24) is 0 Å². The van der Waals surface area contributed by atoms with Gasteiger partial charge in [0.25, 0.3) is 0 Å². The summed E-state index contributed by atoms with van der Waals surface area (Å²) >= 11 is 0. The van der Waals surface area contributed by atoms with E-state index in [2.05, 4.69) is 0 Å². The predicted molar refractivity (Wildman–Crippen MR) is 68.0 cm³/mol. The Morgan fingerprint density at radius 3 is 2.12 bits per heavy atom. The first-order chi connectivity index (χ1) is 8.14. The SMILES string of the molecule is CO[Si](OC)(OCOC(C)C)c1ccccc1. The Labute approximate surface area is 104 Å². The average molecular weight is 256 g/mol. The lowest BCUT2D eigenvalue weighted by Gasteiger charge is -2.26. The van der Waals surface area contributed by atoms with Crippen LogP contribution >= 0.6 is 0 Å². The molecule has 0 N–H and O–H groups in total. The van der Waals surface area contributed by atoms with Crippen molar-refractivity contribution < 1.29 is 18.0 Å². The van der Waals surface area contributed by atoms with Crippen molar-refractivity contribution in [2.45, 2.75) is 20.0 Å². The van der Waals surface area contributed by atoms with E-state index in [4.69, 9.17) is 18.0 Å². The second-order valence-electron chi connectivity index (χ2n) is 3.81. The molecule has 0 atom stereocenters. The molecule has 0 bridgehead atoms. The molecule has 0 unspecified atom stereocenters. The summed E-state index contributed by atoms with van der Waals surface area (Å²) < 4.78 is 22.0. The van der Waals surface area contributed by atoms with E-state index in [1.54, 1.807) is 14.2 Å². The zero-order valence-corrected chi connectivity index (χ0v) is 11.8. The van der Waals surface area contributed by atoms with Crippen molar-refractivity contribution in [3.8, 4) is 0 Å². The van der Waals surface area contributed by atoms with E-state index in [9.17, 15) is 0 Å². The van der Waals surface area contributed by atoms with Crippen LogP contribution in [0, 0.1) is 0 Å². The number of hydrogen-bond donors (Lipinski definition) is 0. The van der Waals surface area contributed by atoms with Crippen molar-refractivity contribution >= 4 is 14.0 Å². The smallest absolute Gasteiger partial charge is 0.373 e. The van der Waals surface area contributed by atoms with Crippen LogP contribution in [0.5, 0.6) is 0 Å². The zero-order chi connectivity index (χ0) is 12.7. The lowest BCUT2D eigenvalue weighted by Crippen LogP contribution is -2.55. The molecule has 0 saturated carbocycles. The van der Waals surface area contributed by atoms with Gasteiger partial charge in [-0.3, -0.25) is 0 Å². The maximum atomic E-state index is 5.70. The molecule has 17 heavy (non-hydrogen) atoms. The van der Waals surface area contributed by atoms with E-state index in [0.717, 1.165) is 5.19 Å². The van der Waals surface area contributed by atoms with E-state index >= 15 is 0 Å². The van der Waals surface area contributed by atoms with Crippen molar-refractivity contribution in [2.24, 2.45) is 0 Å². The Kier molecular flexibility index (Phi) is 5.80. The summed E-state index contributed by atoms with van der Waals surface area (Å²) in [6.45, 7) is 4.07. The Balaban J connectivity index is 2.75. The van der Waals surface area contributed by atoms with Gasteiger partial charge in [0.2, 0.25) is 0 Å². The van der Waals surface area contributed by atoms with Gasteiger partial charge in [-0.1, -0.05) is 30.3 Å². The van der Waals surface area contributed by atoms with Crippen LogP contribution in [0.15, 0.2) is 30.3 Å². The summed E-state index contributed by atoms with van der Waals surface area (Å²) in [6.07, 6.45) is 0.117. The van der Waals surface area contributed by atoms with Crippen LogP contribution in [-0.2, 0) is 18.0 Å². The Morgan fingerprint density at radius 2 is 1.65 bits per heavy atom. The van der Waals surface area contributed by atoms with Gasteiger partial charge in [-0.15, -0.1) is 0 Å². The lowest BCUT2D eigenvalue weighted by atomic mass is 10.4. The molecule has 0 amide bonds. The van der Waals surface area contributed by atoms with Gasteiger partial charge in [-0.05, 0) is 13.8 Å². The average Bonchev–Trinajstić information content (AvgIpc) is 2.36. The van der Waals surface area contributed by atoms with Gasteiger partial charge < -0.3 is 18.0 Å². The van der Waals surface area contributed by atoms with Gasteiger partial charge in [-0.25, -0.2) is 0 Å². The zero-order valence-electron chi connectivity index (χ0n) is 10.8. The molecule has 0 heterocycles. The van der Waals surface area contributed by atoms with Gasteiger partial charge in [0.15, 0.2) is 0 Å². The van der Waals surface area contributed by atoms with Crippen LogP contribution in [0.25, 0.3) is 0 Å². The Bertz CT molecular complexity index is 312. The summed E-state index contributed by atoms with van der Waals surface area (Å²) in [5.41, 5.74) is 0. The molecule has 1 aromatic rings. The second-order valence-corrected chi connectivity index (χ2v) is 6.60. The van der Waals surface area contributed by atoms with Crippen molar-refractivity contribution in [3.63, 3.8) is 0 Å². The predicted octanol–water partition coefficient (Wildman–Crippen LogP) is 1.52. The summed E-state index contributed by atoms with van der Waals surface area (Å²) in [5.74, 6) is 0. The highest BCUT2D eigenvalue weighted by atomic mass is 28.4. The fourth-order valence-electron chi connectivity index (χ4n) is 1.41. The normalized spacial score (nSPS) is 12.1. The highest BCUT2D eigenvalue weighted by molar-refractivity contribution is 6.75. The molecule has 0 radical (unpaired) electrons. The summed E-state index contributed by atoms with van der Waals surface area (Å²) in [7, 11) is 0.379. The minimum Gasteiger partial charge on any atom is -0.373 e. The third-order valence-corrected chi connectivity index (χ3v) is 4.93. The second kappa shape index (κ2) is 6.88. The summed E-state index contributed by atoms with van der Waals surface area (Å²) in [5, 5.41) is 0.928. The Morgan fingerprint density at radius 1 is 1.06 bits per heavy atom. The lowest BCUT2D eigenvalue weighted by molar-refractivity contribution is -0.0528. The van der Waals surface area contributed by atoms with Crippen molar-refractivity contribution in [2.75, 3.05) is 21.0 Å². The number of rotatable bonds is 7. The first-order valence-corrected chi connectivity index (χ1v) is 7.28. The molecule has 0 fully saturated rings. The third-order valence-electron chi connectivity index (χ3n) is 2.32. The summed E-state index contributed by atoms with van der Waals surface area (Å²) in [4.78, 5) is 0.